The van der Waals surface area contributed by atoms with Gasteiger partial charge in [0.05, 0.1) is 7.11 Å². The topological polar surface area (TPSA) is 37.4 Å². The second kappa shape index (κ2) is 7.09. The second-order valence-electron chi connectivity index (χ2n) is 5.31. The Labute approximate surface area is 126 Å². The van der Waals surface area contributed by atoms with E-state index in [1.54, 1.807) is 7.11 Å². The molecule has 0 bridgehead atoms. The molecule has 0 saturated carbocycles. The Hall–Kier alpha value is -2.07. The van der Waals surface area contributed by atoms with E-state index in [1.807, 2.05) is 43.6 Å². The molecule has 1 N–H and O–H groups in total. The SMILES string of the molecule is COc1ccc(N(C)c2cc(CNC(C)C)ccn2)cc1. The average molecular weight is 285 g/mol. The highest BCUT2D eigenvalue weighted by molar-refractivity contribution is 5.60. The Morgan fingerprint density at radius 1 is 1.19 bits per heavy atom. The zero-order valence-corrected chi connectivity index (χ0v) is 13.1. The molecule has 2 rings (SSSR count). The van der Waals surface area contributed by atoms with Gasteiger partial charge in [0.25, 0.3) is 0 Å². The van der Waals surface area contributed by atoms with Gasteiger partial charge in [-0.3, -0.25) is 0 Å². The number of hydrogen-bond donors (Lipinski definition) is 1. The van der Waals surface area contributed by atoms with Gasteiger partial charge >= 0.3 is 0 Å². The van der Waals surface area contributed by atoms with Crippen LogP contribution in [0, 0.1) is 0 Å². The number of benzene rings is 1. The molecular weight excluding hydrogens is 262 g/mol. The predicted octanol–water partition coefficient (Wildman–Crippen LogP) is 3.36. The number of methoxy groups -OCH3 is 1. The Morgan fingerprint density at radius 2 is 1.90 bits per heavy atom. The first-order valence-corrected chi connectivity index (χ1v) is 7.16. The fourth-order valence-corrected chi connectivity index (χ4v) is 2.01. The monoisotopic (exact) mass is 285 g/mol. The van der Waals surface area contributed by atoms with Gasteiger partial charge in [-0.15, -0.1) is 0 Å². The molecule has 0 spiro atoms. The van der Waals surface area contributed by atoms with E-state index in [0.717, 1.165) is 23.8 Å². The highest BCUT2D eigenvalue weighted by Crippen LogP contribution is 2.24. The predicted molar refractivity (Wildman–Crippen MR) is 87.3 cm³/mol. The molecule has 0 fully saturated rings. The average Bonchev–Trinajstić information content (AvgIpc) is 2.52. The molecule has 1 aromatic carbocycles. The van der Waals surface area contributed by atoms with Crippen LogP contribution in [0.1, 0.15) is 19.4 Å². The molecule has 0 saturated heterocycles. The lowest BCUT2D eigenvalue weighted by molar-refractivity contribution is 0.415. The molecule has 21 heavy (non-hydrogen) atoms. The number of nitrogens with one attached hydrogen (secondary N) is 1. The van der Waals surface area contributed by atoms with E-state index in [2.05, 4.69) is 35.1 Å². The number of anilines is 2. The van der Waals surface area contributed by atoms with Crippen LogP contribution in [0.2, 0.25) is 0 Å². The minimum atomic E-state index is 0.473. The molecule has 1 heterocycles. The summed E-state index contributed by atoms with van der Waals surface area (Å²) in [6.07, 6.45) is 1.85. The van der Waals surface area contributed by atoms with Gasteiger partial charge in [0.1, 0.15) is 11.6 Å². The number of hydrogen-bond acceptors (Lipinski definition) is 4. The number of ether oxygens (including phenoxy) is 1. The number of nitrogens with zero attached hydrogens (tertiary/aromatic N) is 2. The minimum Gasteiger partial charge on any atom is -0.497 e. The van der Waals surface area contributed by atoms with E-state index in [4.69, 9.17) is 4.74 Å². The molecule has 0 radical (unpaired) electrons. The molecule has 0 unspecified atom stereocenters. The van der Waals surface area contributed by atoms with Crippen LogP contribution in [-0.4, -0.2) is 25.2 Å². The maximum atomic E-state index is 5.19. The fraction of sp³-hybridized carbons (Fsp3) is 0.353. The zero-order chi connectivity index (χ0) is 15.2. The molecular formula is C17H23N3O. The van der Waals surface area contributed by atoms with E-state index in [9.17, 15) is 0 Å². The van der Waals surface area contributed by atoms with Gasteiger partial charge in [0.2, 0.25) is 0 Å². The van der Waals surface area contributed by atoms with E-state index >= 15 is 0 Å². The minimum absolute atomic E-state index is 0.473. The first-order valence-electron chi connectivity index (χ1n) is 7.16. The third kappa shape index (κ3) is 4.20. The van der Waals surface area contributed by atoms with Gasteiger partial charge in [-0.25, -0.2) is 4.98 Å². The molecule has 2 aromatic rings. The summed E-state index contributed by atoms with van der Waals surface area (Å²) in [6, 6.07) is 12.6. The van der Waals surface area contributed by atoms with Crippen molar-refractivity contribution in [3.05, 3.63) is 48.2 Å². The molecule has 1 aromatic heterocycles. The number of aromatic nitrogens is 1. The summed E-state index contributed by atoms with van der Waals surface area (Å²) in [7, 11) is 3.69. The lowest BCUT2D eigenvalue weighted by Gasteiger charge is -2.19. The standard InChI is InChI=1S/C17H23N3O/c1-13(2)19-12-14-9-10-18-17(11-14)20(3)15-5-7-16(21-4)8-6-15/h5-11,13,19H,12H2,1-4H3. The van der Waals surface area contributed by atoms with Gasteiger partial charge in [-0.05, 0) is 42.0 Å². The van der Waals surface area contributed by atoms with Gasteiger partial charge in [0, 0.05) is 31.5 Å². The van der Waals surface area contributed by atoms with Crippen molar-refractivity contribution < 1.29 is 4.74 Å². The summed E-state index contributed by atoms with van der Waals surface area (Å²) >= 11 is 0. The van der Waals surface area contributed by atoms with Crippen LogP contribution in [0.4, 0.5) is 11.5 Å². The largest absolute Gasteiger partial charge is 0.497 e. The molecule has 0 aliphatic heterocycles. The van der Waals surface area contributed by atoms with Crippen LogP contribution in [0.3, 0.4) is 0 Å². The molecule has 4 nitrogen and oxygen atoms in total. The Balaban J connectivity index is 2.14. The molecule has 112 valence electrons. The first-order chi connectivity index (χ1) is 10.1. The van der Waals surface area contributed by atoms with Crippen molar-refractivity contribution >= 4 is 11.5 Å². The Kier molecular flexibility index (Phi) is 5.17. The lowest BCUT2D eigenvalue weighted by atomic mass is 10.2. The van der Waals surface area contributed by atoms with Crippen molar-refractivity contribution in [2.75, 3.05) is 19.1 Å². The van der Waals surface area contributed by atoms with Gasteiger partial charge in [0.15, 0.2) is 0 Å². The van der Waals surface area contributed by atoms with Crippen molar-refractivity contribution in [2.45, 2.75) is 26.4 Å². The first kappa shape index (κ1) is 15.3. The van der Waals surface area contributed by atoms with E-state index < -0.39 is 0 Å². The van der Waals surface area contributed by atoms with E-state index in [0.29, 0.717) is 6.04 Å². The lowest BCUT2D eigenvalue weighted by Crippen LogP contribution is -2.22. The van der Waals surface area contributed by atoms with Crippen LogP contribution < -0.4 is 15.0 Å². The van der Waals surface area contributed by atoms with Crippen LogP contribution in [0.5, 0.6) is 5.75 Å². The van der Waals surface area contributed by atoms with E-state index in [-0.39, 0.29) is 0 Å². The highest BCUT2D eigenvalue weighted by Gasteiger charge is 2.06. The van der Waals surface area contributed by atoms with Gasteiger partial charge < -0.3 is 15.0 Å². The quantitative estimate of drug-likeness (QED) is 0.883. The summed E-state index contributed by atoms with van der Waals surface area (Å²) < 4.78 is 5.19. The molecule has 4 heteroatoms. The van der Waals surface area contributed by atoms with E-state index in [1.165, 1.54) is 5.56 Å². The molecule has 0 amide bonds. The summed E-state index contributed by atoms with van der Waals surface area (Å²) in [5.41, 5.74) is 2.31. The zero-order valence-electron chi connectivity index (χ0n) is 13.1. The van der Waals surface area contributed by atoms with Crippen molar-refractivity contribution in [2.24, 2.45) is 0 Å². The van der Waals surface area contributed by atoms with Crippen molar-refractivity contribution in [1.29, 1.82) is 0 Å². The van der Waals surface area contributed by atoms with Crippen molar-refractivity contribution in [1.82, 2.24) is 10.3 Å². The fourth-order valence-electron chi connectivity index (χ4n) is 2.01. The van der Waals surface area contributed by atoms with Crippen LogP contribution in [-0.2, 0) is 6.54 Å². The summed E-state index contributed by atoms with van der Waals surface area (Å²) in [6.45, 7) is 5.14. The summed E-state index contributed by atoms with van der Waals surface area (Å²) in [5, 5.41) is 3.42. The van der Waals surface area contributed by atoms with Gasteiger partial charge in [-0.2, -0.15) is 0 Å². The maximum absolute atomic E-state index is 5.19. The van der Waals surface area contributed by atoms with Crippen molar-refractivity contribution in [3.63, 3.8) is 0 Å². The van der Waals surface area contributed by atoms with Crippen LogP contribution >= 0.6 is 0 Å². The smallest absolute Gasteiger partial charge is 0.132 e. The molecule has 0 aliphatic rings. The third-order valence-electron chi connectivity index (χ3n) is 3.33. The van der Waals surface area contributed by atoms with Crippen molar-refractivity contribution in [3.8, 4) is 5.75 Å². The van der Waals surface area contributed by atoms with Crippen LogP contribution in [0.15, 0.2) is 42.6 Å². The maximum Gasteiger partial charge on any atom is 0.132 e. The van der Waals surface area contributed by atoms with Gasteiger partial charge in [-0.1, -0.05) is 13.8 Å². The summed E-state index contributed by atoms with van der Waals surface area (Å²) in [4.78, 5) is 6.52. The number of rotatable bonds is 6. The second-order valence-corrected chi connectivity index (χ2v) is 5.31. The normalized spacial score (nSPS) is 10.7. The Morgan fingerprint density at radius 3 is 2.52 bits per heavy atom. The van der Waals surface area contributed by atoms with Crippen LogP contribution in [0.25, 0.3) is 0 Å². The Bertz CT molecular complexity index is 567. The number of pyridine rings is 1. The third-order valence-corrected chi connectivity index (χ3v) is 3.33. The molecule has 0 aliphatic carbocycles. The molecule has 0 atom stereocenters. The summed E-state index contributed by atoms with van der Waals surface area (Å²) in [5.74, 6) is 1.79. The highest BCUT2D eigenvalue weighted by atomic mass is 16.5.